The number of carbonyl (C=O) groups is 1. The number of hydrogen-bond acceptors (Lipinski definition) is 4. The van der Waals surface area contributed by atoms with Gasteiger partial charge >= 0.3 is 5.97 Å². The lowest BCUT2D eigenvalue weighted by Crippen LogP contribution is -2.39. The lowest BCUT2D eigenvalue weighted by molar-refractivity contribution is -0.145. The Kier molecular flexibility index (Phi) is 10.2. The summed E-state index contributed by atoms with van der Waals surface area (Å²) in [6.07, 6.45) is 3.13. The fraction of sp³-hybridized carbons (Fsp3) is 0.923. The highest BCUT2D eigenvalue weighted by molar-refractivity contribution is 5.75. The third-order valence-corrected chi connectivity index (χ3v) is 2.73. The molecule has 4 nitrogen and oxygen atoms in total. The van der Waals surface area contributed by atoms with Gasteiger partial charge in [-0.3, -0.25) is 4.79 Å². The summed E-state index contributed by atoms with van der Waals surface area (Å²) in [6, 6.07) is -0.175. The van der Waals surface area contributed by atoms with Gasteiger partial charge in [-0.1, -0.05) is 13.8 Å². The van der Waals surface area contributed by atoms with E-state index in [2.05, 4.69) is 24.1 Å². The lowest BCUT2D eigenvalue weighted by Gasteiger charge is -2.23. The monoisotopic (exact) mass is 244 g/mol. The maximum absolute atomic E-state index is 11.6. The highest BCUT2D eigenvalue weighted by atomic mass is 16.5. The van der Waals surface area contributed by atoms with Crippen LogP contribution in [0.3, 0.4) is 0 Å². The van der Waals surface area contributed by atoms with Gasteiger partial charge in [0.1, 0.15) is 6.04 Å². The van der Waals surface area contributed by atoms with Gasteiger partial charge in [0.15, 0.2) is 0 Å². The summed E-state index contributed by atoms with van der Waals surface area (Å²) >= 11 is 0. The summed E-state index contributed by atoms with van der Waals surface area (Å²) in [6.45, 7) is 9.81. The van der Waals surface area contributed by atoms with Crippen molar-refractivity contribution in [3.05, 3.63) is 0 Å². The smallest absolute Gasteiger partial charge is 0.323 e. The molecular weight excluding hydrogens is 216 g/mol. The first-order valence-corrected chi connectivity index (χ1v) is 6.75. The van der Waals surface area contributed by atoms with E-state index in [1.54, 1.807) is 0 Å². The van der Waals surface area contributed by atoms with Gasteiger partial charge in [-0.25, -0.2) is 0 Å². The van der Waals surface area contributed by atoms with Crippen LogP contribution >= 0.6 is 0 Å². The van der Waals surface area contributed by atoms with E-state index in [0.717, 1.165) is 38.9 Å². The molecule has 1 N–H and O–H groups in total. The van der Waals surface area contributed by atoms with E-state index < -0.39 is 0 Å². The highest BCUT2D eigenvalue weighted by Gasteiger charge is 2.18. The van der Waals surface area contributed by atoms with Crippen molar-refractivity contribution < 1.29 is 9.53 Å². The third-order valence-electron chi connectivity index (χ3n) is 2.73. The van der Waals surface area contributed by atoms with Crippen LogP contribution < -0.4 is 5.32 Å². The molecule has 0 spiro atoms. The Bertz CT molecular complexity index is 192. The fourth-order valence-corrected chi connectivity index (χ4v) is 1.90. The maximum atomic E-state index is 11.6. The molecule has 4 heteroatoms. The minimum absolute atomic E-state index is 0.136. The zero-order valence-corrected chi connectivity index (χ0v) is 11.8. The van der Waals surface area contributed by atoms with Crippen molar-refractivity contribution >= 4 is 5.97 Å². The molecule has 0 aromatic heterocycles. The average molecular weight is 244 g/mol. The van der Waals surface area contributed by atoms with Crippen LogP contribution in [0.4, 0.5) is 0 Å². The molecule has 0 heterocycles. The number of esters is 1. The van der Waals surface area contributed by atoms with Crippen LogP contribution in [0.25, 0.3) is 0 Å². The van der Waals surface area contributed by atoms with Crippen molar-refractivity contribution in [2.45, 2.75) is 46.1 Å². The highest BCUT2D eigenvalue weighted by Crippen LogP contribution is 2.01. The Morgan fingerprint density at radius 3 is 2.18 bits per heavy atom. The van der Waals surface area contributed by atoms with Crippen LogP contribution in [0.15, 0.2) is 0 Å². The van der Waals surface area contributed by atoms with Gasteiger partial charge in [0.05, 0.1) is 6.61 Å². The molecule has 0 radical (unpaired) electrons. The van der Waals surface area contributed by atoms with Gasteiger partial charge in [0.2, 0.25) is 0 Å². The van der Waals surface area contributed by atoms with Gasteiger partial charge in [-0.15, -0.1) is 0 Å². The number of rotatable bonds is 10. The summed E-state index contributed by atoms with van der Waals surface area (Å²) in [5.74, 6) is -0.136. The van der Waals surface area contributed by atoms with Crippen LogP contribution in [0, 0.1) is 0 Å². The van der Waals surface area contributed by atoms with Gasteiger partial charge < -0.3 is 15.0 Å². The van der Waals surface area contributed by atoms with E-state index in [9.17, 15) is 4.79 Å². The van der Waals surface area contributed by atoms with Crippen molar-refractivity contribution in [2.24, 2.45) is 0 Å². The largest absolute Gasteiger partial charge is 0.465 e. The minimum Gasteiger partial charge on any atom is -0.465 e. The molecule has 0 aliphatic rings. The quantitative estimate of drug-likeness (QED) is 0.593. The number of hydrogen-bond donors (Lipinski definition) is 1. The summed E-state index contributed by atoms with van der Waals surface area (Å²) in [4.78, 5) is 14.0. The van der Waals surface area contributed by atoms with Crippen LogP contribution in [-0.4, -0.2) is 50.2 Å². The number of carbonyl (C=O) groups excluding carboxylic acids is 1. The topological polar surface area (TPSA) is 41.6 Å². The van der Waals surface area contributed by atoms with Crippen molar-refractivity contribution in [2.75, 3.05) is 33.3 Å². The lowest BCUT2D eigenvalue weighted by atomic mass is 10.2. The van der Waals surface area contributed by atoms with Gasteiger partial charge in [0, 0.05) is 6.54 Å². The molecule has 102 valence electrons. The molecule has 0 saturated heterocycles. The van der Waals surface area contributed by atoms with E-state index in [1.165, 1.54) is 0 Å². The van der Waals surface area contributed by atoms with E-state index >= 15 is 0 Å². The Hall–Kier alpha value is -0.610. The van der Waals surface area contributed by atoms with Gasteiger partial charge in [-0.05, 0) is 46.3 Å². The Morgan fingerprint density at radius 1 is 1.18 bits per heavy atom. The number of ether oxygens (including phenoxy) is 1. The molecule has 0 bridgehead atoms. The summed E-state index contributed by atoms with van der Waals surface area (Å²) < 4.78 is 5.03. The Balaban J connectivity index is 4.04. The zero-order valence-electron chi connectivity index (χ0n) is 11.8. The summed E-state index contributed by atoms with van der Waals surface area (Å²) in [5, 5.41) is 3.03. The van der Waals surface area contributed by atoms with Gasteiger partial charge in [0.25, 0.3) is 0 Å². The molecule has 0 aromatic carbocycles. The molecule has 0 aliphatic carbocycles. The normalized spacial score (nSPS) is 12.8. The first-order valence-electron chi connectivity index (χ1n) is 6.75. The number of nitrogens with zero attached hydrogens (tertiary/aromatic N) is 1. The molecule has 0 amide bonds. The van der Waals surface area contributed by atoms with Crippen LogP contribution in [0.1, 0.15) is 40.0 Å². The second-order valence-electron chi connectivity index (χ2n) is 4.22. The van der Waals surface area contributed by atoms with Gasteiger partial charge in [-0.2, -0.15) is 0 Å². The minimum atomic E-state index is -0.175. The van der Waals surface area contributed by atoms with Crippen molar-refractivity contribution in [1.29, 1.82) is 0 Å². The Morgan fingerprint density at radius 2 is 1.76 bits per heavy atom. The molecule has 0 fully saturated rings. The molecule has 17 heavy (non-hydrogen) atoms. The SMILES string of the molecule is CCCN(CCC)CCC(NC)C(=O)OCC. The average Bonchev–Trinajstić information content (AvgIpc) is 2.30. The van der Waals surface area contributed by atoms with Crippen LogP contribution in [0.5, 0.6) is 0 Å². The molecule has 0 aliphatic heterocycles. The standard InChI is InChI=1S/C13H28N2O2/c1-5-9-15(10-6-2)11-8-12(14-4)13(16)17-7-3/h12,14H,5-11H2,1-4H3. The second kappa shape index (κ2) is 10.5. The molecule has 0 aromatic rings. The van der Waals surface area contributed by atoms with E-state index in [-0.39, 0.29) is 12.0 Å². The predicted molar refractivity (Wildman–Crippen MR) is 71.1 cm³/mol. The second-order valence-corrected chi connectivity index (χ2v) is 4.22. The van der Waals surface area contributed by atoms with E-state index in [0.29, 0.717) is 6.61 Å². The first-order chi connectivity index (χ1) is 8.19. The molecule has 1 atom stereocenters. The van der Waals surface area contributed by atoms with E-state index in [4.69, 9.17) is 4.74 Å². The van der Waals surface area contributed by atoms with Crippen LogP contribution in [0.2, 0.25) is 0 Å². The number of likely N-dealkylation sites (N-methyl/N-ethyl adjacent to an activating group) is 1. The van der Waals surface area contributed by atoms with E-state index in [1.807, 2.05) is 14.0 Å². The zero-order chi connectivity index (χ0) is 13.1. The van der Waals surface area contributed by atoms with Crippen LogP contribution in [-0.2, 0) is 9.53 Å². The first kappa shape index (κ1) is 16.4. The fourth-order valence-electron chi connectivity index (χ4n) is 1.90. The summed E-state index contributed by atoms with van der Waals surface area (Å²) in [7, 11) is 1.81. The maximum Gasteiger partial charge on any atom is 0.323 e. The van der Waals surface area contributed by atoms with Crippen molar-refractivity contribution in [1.82, 2.24) is 10.2 Å². The molecule has 0 saturated carbocycles. The Labute approximate surface area is 106 Å². The van der Waals surface area contributed by atoms with Crippen molar-refractivity contribution in [3.63, 3.8) is 0 Å². The molecule has 0 rings (SSSR count). The van der Waals surface area contributed by atoms with Crippen molar-refractivity contribution in [3.8, 4) is 0 Å². The number of nitrogens with one attached hydrogen (secondary N) is 1. The molecule has 1 unspecified atom stereocenters. The predicted octanol–water partition coefficient (Wildman–Crippen LogP) is 1.65. The summed E-state index contributed by atoms with van der Waals surface area (Å²) in [5.41, 5.74) is 0. The molecular formula is C13H28N2O2. The third kappa shape index (κ3) is 7.34.